The van der Waals surface area contributed by atoms with Gasteiger partial charge in [-0.15, -0.1) is 0 Å². The van der Waals surface area contributed by atoms with Crippen LogP contribution < -0.4 is 5.32 Å². The van der Waals surface area contributed by atoms with E-state index in [1.165, 1.54) is 34.4 Å². The molecular formula is C26H27FN6S. The van der Waals surface area contributed by atoms with Gasteiger partial charge in [0, 0.05) is 46.0 Å². The first-order chi connectivity index (χ1) is 16.1. The first kappa shape index (κ1) is 22.4. The molecule has 1 atom stereocenters. The van der Waals surface area contributed by atoms with Crippen molar-refractivity contribution in [2.75, 3.05) is 5.32 Å². The van der Waals surface area contributed by atoms with Crippen molar-refractivity contribution in [1.29, 1.82) is 0 Å². The maximum absolute atomic E-state index is 13.9. The Bertz CT molecular complexity index is 1490. The van der Waals surface area contributed by atoms with Gasteiger partial charge in [-0.1, -0.05) is 32.0 Å². The Labute approximate surface area is 204 Å². The summed E-state index contributed by atoms with van der Waals surface area (Å²) < 4.78 is 15.8. The largest absolute Gasteiger partial charge is 0.367 e. The van der Waals surface area contributed by atoms with Crippen molar-refractivity contribution in [1.82, 2.24) is 24.6 Å². The number of hydrogen-bond donors (Lipinski definition) is 2. The number of nitrogens with zero attached hydrogens (tertiary/aromatic N) is 4. The summed E-state index contributed by atoms with van der Waals surface area (Å²) in [4.78, 5) is 12.4. The van der Waals surface area contributed by atoms with E-state index in [9.17, 15) is 4.39 Å². The van der Waals surface area contributed by atoms with Gasteiger partial charge in [-0.05, 0) is 42.9 Å². The minimum absolute atomic E-state index is 0. The number of benzene rings is 1. The summed E-state index contributed by atoms with van der Waals surface area (Å²) >= 11 is 0. The lowest BCUT2D eigenvalue weighted by molar-refractivity contribution is 0.603. The smallest absolute Gasteiger partial charge is 0.161 e. The summed E-state index contributed by atoms with van der Waals surface area (Å²) in [5, 5.41) is 9.66. The number of halogens is 1. The van der Waals surface area contributed by atoms with Crippen molar-refractivity contribution in [2.24, 2.45) is 0 Å². The van der Waals surface area contributed by atoms with E-state index >= 15 is 0 Å². The fraction of sp³-hybridized carbons (Fsp3) is 0.269. The molecule has 1 aliphatic rings. The summed E-state index contributed by atoms with van der Waals surface area (Å²) in [7, 11) is 0. The lowest BCUT2D eigenvalue weighted by atomic mass is 9.91. The molecule has 0 aliphatic heterocycles. The minimum atomic E-state index is -0.375. The predicted molar refractivity (Wildman–Crippen MR) is 138 cm³/mol. The van der Waals surface area contributed by atoms with Gasteiger partial charge in [-0.25, -0.2) is 9.37 Å². The van der Waals surface area contributed by atoms with E-state index in [0.717, 1.165) is 36.3 Å². The first-order valence-electron chi connectivity index (χ1n) is 11.4. The topological polar surface area (TPSA) is 70.9 Å². The Balaban J connectivity index is 0.00000241. The summed E-state index contributed by atoms with van der Waals surface area (Å²) in [5.41, 5.74) is 7.11. The van der Waals surface area contributed by atoms with Crippen molar-refractivity contribution >= 4 is 35.9 Å². The number of aromatic nitrogens is 5. The molecule has 5 aromatic rings. The van der Waals surface area contributed by atoms with Gasteiger partial charge < -0.3 is 10.3 Å². The number of rotatable bonds is 4. The lowest BCUT2D eigenvalue weighted by Crippen LogP contribution is -2.28. The van der Waals surface area contributed by atoms with E-state index in [1.54, 1.807) is 6.20 Å². The van der Waals surface area contributed by atoms with Crippen molar-refractivity contribution in [3.8, 4) is 11.3 Å². The van der Waals surface area contributed by atoms with Crippen molar-refractivity contribution < 1.29 is 4.39 Å². The summed E-state index contributed by atoms with van der Waals surface area (Å²) in [6.07, 6.45) is 7.67. The molecule has 34 heavy (non-hydrogen) atoms. The highest BCUT2D eigenvalue weighted by Crippen LogP contribution is 2.32. The molecule has 0 fully saturated rings. The normalized spacial score (nSPS) is 15.5. The van der Waals surface area contributed by atoms with Crippen LogP contribution in [0.25, 0.3) is 27.8 Å². The van der Waals surface area contributed by atoms with Gasteiger partial charge in [0.1, 0.15) is 11.6 Å². The number of para-hydroxylation sites is 1. The van der Waals surface area contributed by atoms with Gasteiger partial charge in [0.25, 0.3) is 0 Å². The van der Waals surface area contributed by atoms with Crippen molar-refractivity contribution in [3.63, 3.8) is 0 Å². The second-order valence-electron chi connectivity index (χ2n) is 9.12. The Kier molecular flexibility index (Phi) is 5.77. The van der Waals surface area contributed by atoms with Crippen LogP contribution in [0.5, 0.6) is 0 Å². The third-order valence-electron chi connectivity index (χ3n) is 6.57. The number of pyridine rings is 1. The number of nitrogens with one attached hydrogen (secondary N) is 2. The molecule has 6 rings (SSSR count). The summed E-state index contributed by atoms with van der Waals surface area (Å²) in [5.74, 6) is 0.757. The molecule has 0 saturated heterocycles. The third-order valence-corrected chi connectivity index (χ3v) is 6.57. The number of H-pyrrole nitrogens is 1. The molecule has 0 radical (unpaired) electrons. The number of aryl methyl sites for hydroxylation is 1. The Morgan fingerprint density at radius 3 is 2.82 bits per heavy atom. The average molecular weight is 475 g/mol. The number of aromatic amines is 1. The highest BCUT2D eigenvalue weighted by atomic mass is 32.1. The second kappa shape index (κ2) is 8.76. The second-order valence-corrected chi connectivity index (χ2v) is 9.12. The van der Waals surface area contributed by atoms with Crippen LogP contribution in [0.3, 0.4) is 0 Å². The first-order valence-corrected chi connectivity index (χ1v) is 11.4. The highest BCUT2D eigenvalue weighted by Gasteiger charge is 2.24. The number of hydrogen-bond acceptors (Lipinski definition) is 4. The Morgan fingerprint density at radius 2 is 2.00 bits per heavy atom. The Morgan fingerprint density at radius 1 is 1.15 bits per heavy atom. The van der Waals surface area contributed by atoms with Crippen LogP contribution in [0.4, 0.5) is 10.2 Å². The molecule has 4 heterocycles. The van der Waals surface area contributed by atoms with Crippen molar-refractivity contribution in [3.05, 3.63) is 77.6 Å². The zero-order valence-corrected chi connectivity index (χ0v) is 20.1. The molecule has 0 spiro atoms. The molecule has 0 unspecified atom stereocenters. The molecule has 1 aromatic carbocycles. The van der Waals surface area contributed by atoms with Crippen molar-refractivity contribution in [2.45, 2.75) is 45.1 Å². The standard InChI is InChI=1S/C26H25FN6.H2S/c1-15(2)21-14-29-33-25(11-24(32-26(21)33)16-9-17(27)13-28-12-16)30-18-7-8-23-20(10-18)19-5-3-4-6-22(19)31-23;/h3-6,9,11-15,18,30-31H,7-8,10H2,1-2H3;1H2/t18-;/m0./s1. The van der Waals surface area contributed by atoms with Crippen LogP contribution in [-0.2, 0) is 12.8 Å². The fourth-order valence-electron chi connectivity index (χ4n) is 4.89. The van der Waals surface area contributed by atoms with E-state index in [2.05, 4.69) is 58.5 Å². The van der Waals surface area contributed by atoms with E-state index in [0.29, 0.717) is 11.3 Å². The molecule has 8 heteroatoms. The van der Waals surface area contributed by atoms with Crippen LogP contribution in [0, 0.1) is 5.82 Å². The van der Waals surface area contributed by atoms with E-state index in [1.807, 2.05) is 16.8 Å². The lowest BCUT2D eigenvalue weighted by Gasteiger charge is -2.25. The Hall–Kier alpha value is -3.39. The van der Waals surface area contributed by atoms with Crippen LogP contribution in [-0.4, -0.2) is 30.6 Å². The van der Waals surface area contributed by atoms with Gasteiger partial charge in [-0.2, -0.15) is 23.1 Å². The van der Waals surface area contributed by atoms with Gasteiger partial charge in [-0.3, -0.25) is 4.98 Å². The maximum atomic E-state index is 13.9. The molecule has 0 saturated carbocycles. The van der Waals surface area contributed by atoms with Gasteiger partial charge in [0.05, 0.1) is 18.1 Å². The number of anilines is 1. The molecule has 2 N–H and O–H groups in total. The minimum Gasteiger partial charge on any atom is -0.367 e. The van der Waals surface area contributed by atoms with Gasteiger partial charge in [0.2, 0.25) is 0 Å². The number of fused-ring (bicyclic) bond motifs is 4. The van der Waals surface area contributed by atoms with E-state index < -0.39 is 0 Å². The van der Waals surface area contributed by atoms with Crippen LogP contribution in [0.1, 0.15) is 43.0 Å². The SMILES string of the molecule is CC(C)c1cnn2c(N[C@H]3CCc4[nH]c5ccccc5c4C3)cc(-c3cncc(F)c3)nc12.S. The van der Waals surface area contributed by atoms with Crippen LogP contribution in [0.2, 0.25) is 0 Å². The zero-order valence-electron chi connectivity index (χ0n) is 19.1. The monoisotopic (exact) mass is 474 g/mol. The molecule has 0 bridgehead atoms. The molecule has 1 aliphatic carbocycles. The maximum Gasteiger partial charge on any atom is 0.161 e. The van der Waals surface area contributed by atoms with E-state index in [-0.39, 0.29) is 31.3 Å². The van der Waals surface area contributed by atoms with Gasteiger partial charge in [0.15, 0.2) is 5.65 Å². The third kappa shape index (κ3) is 3.81. The van der Waals surface area contributed by atoms with Gasteiger partial charge >= 0.3 is 0 Å². The molecule has 174 valence electrons. The predicted octanol–water partition coefficient (Wildman–Crippen LogP) is 5.62. The summed E-state index contributed by atoms with van der Waals surface area (Å²) in [6.45, 7) is 4.25. The zero-order chi connectivity index (χ0) is 22.5. The highest BCUT2D eigenvalue weighted by molar-refractivity contribution is 7.59. The summed E-state index contributed by atoms with van der Waals surface area (Å²) in [6, 6.07) is 12.2. The van der Waals surface area contributed by atoms with E-state index in [4.69, 9.17) is 4.98 Å². The molecule has 4 aromatic heterocycles. The molecule has 6 nitrogen and oxygen atoms in total. The average Bonchev–Trinajstić information content (AvgIpc) is 3.41. The molecule has 0 amide bonds. The molecular weight excluding hydrogens is 447 g/mol. The van der Waals surface area contributed by atoms with Crippen LogP contribution in [0.15, 0.2) is 55.0 Å². The fourth-order valence-corrected chi connectivity index (χ4v) is 4.89. The quantitative estimate of drug-likeness (QED) is 0.355. The van der Waals surface area contributed by atoms with Crippen LogP contribution >= 0.6 is 13.5 Å².